The molecule has 128 valence electrons. The molecule has 0 saturated heterocycles. The van der Waals surface area contributed by atoms with Crippen molar-refractivity contribution in [2.24, 2.45) is 0 Å². The van der Waals surface area contributed by atoms with Crippen LogP contribution in [-0.4, -0.2) is 9.78 Å². The second-order valence-electron chi connectivity index (χ2n) is 6.39. The molecule has 0 aliphatic rings. The van der Waals surface area contributed by atoms with Gasteiger partial charge < -0.3 is 0 Å². The molecule has 0 N–H and O–H groups in total. The maximum Gasteiger partial charge on any atom is 0.267 e. The van der Waals surface area contributed by atoms with Gasteiger partial charge in [-0.2, -0.15) is 5.10 Å². The summed E-state index contributed by atoms with van der Waals surface area (Å²) in [4.78, 5) is 0. The van der Waals surface area contributed by atoms with Crippen molar-refractivity contribution in [3.8, 4) is 0 Å². The van der Waals surface area contributed by atoms with E-state index in [1.807, 2.05) is 27.3 Å². The van der Waals surface area contributed by atoms with E-state index in [9.17, 15) is 8.78 Å². The van der Waals surface area contributed by atoms with E-state index in [4.69, 9.17) is 0 Å². The molecule has 1 rings (SSSR count). The lowest BCUT2D eigenvalue weighted by molar-refractivity contribution is 0.149. The molecule has 1 unspecified atom stereocenters. The van der Waals surface area contributed by atoms with Gasteiger partial charge in [0.15, 0.2) is 0 Å². The number of alkyl halides is 2. The van der Waals surface area contributed by atoms with Crippen LogP contribution in [0.4, 0.5) is 8.78 Å². The van der Waals surface area contributed by atoms with Gasteiger partial charge in [-0.05, 0) is 42.4 Å². The molecule has 0 aromatic carbocycles. The Bertz CT molecular complexity index is 434. The number of aromatic nitrogens is 2. The van der Waals surface area contributed by atoms with Crippen LogP contribution in [0.25, 0.3) is 0 Å². The second kappa shape index (κ2) is 9.83. The predicted octanol–water partition coefficient (Wildman–Crippen LogP) is 6.69. The van der Waals surface area contributed by atoms with Crippen LogP contribution < -0.4 is 0 Å². The Kier molecular flexibility index (Phi) is 8.87. The molecule has 22 heavy (non-hydrogen) atoms. The topological polar surface area (TPSA) is 17.8 Å². The number of unbranched alkanes of at least 4 members (excludes halogenated alkanes) is 5. The molecule has 0 spiro atoms. The number of hydrogen-bond donors (Lipinski definition) is 0. The van der Waals surface area contributed by atoms with E-state index in [1.54, 1.807) is 6.20 Å². The molecule has 0 amide bonds. The van der Waals surface area contributed by atoms with Gasteiger partial charge >= 0.3 is 0 Å². The van der Waals surface area contributed by atoms with Gasteiger partial charge in [0.1, 0.15) is 3.70 Å². The van der Waals surface area contributed by atoms with Crippen molar-refractivity contribution in [3.63, 3.8) is 0 Å². The lowest BCUT2D eigenvalue weighted by Gasteiger charge is -2.30. The summed E-state index contributed by atoms with van der Waals surface area (Å²) in [5.41, 5.74) is -0.0794. The number of halogens is 3. The minimum absolute atomic E-state index is 0.0642. The lowest BCUT2D eigenvalue weighted by atomic mass is 9.88. The number of rotatable bonds is 11. The van der Waals surface area contributed by atoms with Gasteiger partial charge in [0, 0.05) is 6.20 Å². The first-order valence-corrected chi connectivity index (χ1v) is 9.56. The number of hydrogen-bond acceptors (Lipinski definition) is 1. The van der Waals surface area contributed by atoms with Crippen molar-refractivity contribution in [2.45, 2.75) is 90.5 Å². The maximum absolute atomic E-state index is 13.0. The standard InChI is InChI=1S/C17H29F2IN2/c1-4-6-8-9-10-12-17(3,11-7-5-2)22-13-14(15(18)19)16(20)21-22/h13,15H,4-12H2,1-3H3. The largest absolute Gasteiger partial charge is 0.267 e. The first-order chi connectivity index (χ1) is 10.4. The van der Waals surface area contributed by atoms with Gasteiger partial charge in [-0.3, -0.25) is 4.68 Å². The average Bonchev–Trinajstić information content (AvgIpc) is 2.88. The molecule has 0 radical (unpaired) electrons. The van der Waals surface area contributed by atoms with Crippen LogP contribution in [0.2, 0.25) is 0 Å². The first-order valence-electron chi connectivity index (χ1n) is 8.48. The zero-order valence-corrected chi connectivity index (χ0v) is 16.2. The number of nitrogens with zero attached hydrogens (tertiary/aromatic N) is 2. The molecule has 0 saturated carbocycles. The highest BCUT2D eigenvalue weighted by Gasteiger charge is 2.29. The molecule has 1 atom stereocenters. The minimum Gasteiger partial charge on any atom is -0.265 e. The average molecular weight is 426 g/mol. The Morgan fingerprint density at radius 3 is 2.23 bits per heavy atom. The van der Waals surface area contributed by atoms with Crippen LogP contribution in [0.5, 0.6) is 0 Å². The Hall–Kier alpha value is -0.200. The highest BCUT2D eigenvalue weighted by Crippen LogP contribution is 2.32. The van der Waals surface area contributed by atoms with E-state index < -0.39 is 6.43 Å². The molecule has 0 aliphatic carbocycles. The van der Waals surface area contributed by atoms with Gasteiger partial charge in [-0.15, -0.1) is 0 Å². The summed E-state index contributed by atoms with van der Waals surface area (Å²) in [5.74, 6) is 0. The first kappa shape index (κ1) is 19.8. The second-order valence-corrected chi connectivity index (χ2v) is 7.41. The van der Waals surface area contributed by atoms with E-state index in [0.717, 1.165) is 32.1 Å². The van der Waals surface area contributed by atoms with Crippen LogP contribution in [0, 0.1) is 3.70 Å². The quantitative estimate of drug-likeness (QED) is 0.285. The fourth-order valence-electron chi connectivity index (χ4n) is 2.81. The van der Waals surface area contributed by atoms with Crippen LogP contribution in [0.15, 0.2) is 6.20 Å². The summed E-state index contributed by atoms with van der Waals surface area (Å²) in [5, 5.41) is 4.40. The van der Waals surface area contributed by atoms with Crippen molar-refractivity contribution in [3.05, 3.63) is 15.5 Å². The summed E-state index contributed by atoms with van der Waals surface area (Å²) in [7, 11) is 0. The van der Waals surface area contributed by atoms with Crippen molar-refractivity contribution < 1.29 is 8.78 Å². The van der Waals surface area contributed by atoms with Crippen LogP contribution in [0.1, 0.15) is 90.5 Å². The molecule has 2 nitrogen and oxygen atoms in total. The molecule has 5 heteroatoms. The molecule has 0 fully saturated rings. The minimum atomic E-state index is -2.44. The highest BCUT2D eigenvalue weighted by atomic mass is 127. The molecule has 1 heterocycles. The highest BCUT2D eigenvalue weighted by molar-refractivity contribution is 14.1. The Balaban J connectivity index is 2.79. The van der Waals surface area contributed by atoms with Crippen LogP contribution in [-0.2, 0) is 5.54 Å². The Labute approximate surface area is 147 Å². The van der Waals surface area contributed by atoms with E-state index in [1.165, 1.54) is 25.7 Å². The van der Waals surface area contributed by atoms with E-state index in [-0.39, 0.29) is 11.1 Å². The molecule has 1 aromatic rings. The fourth-order valence-corrected chi connectivity index (χ4v) is 3.42. The fraction of sp³-hybridized carbons (Fsp3) is 0.824. The Morgan fingerprint density at radius 2 is 1.68 bits per heavy atom. The summed E-state index contributed by atoms with van der Waals surface area (Å²) < 4.78 is 28.3. The van der Waals surface area contributed by atoms with Crippen LogP contribution >= 0.6 is 22.6 Å². The molecule has 0 aliphatic heterocycles. The van der Waals surface area contributed by atoms with E-state index in [0.29, 0.717) is 3.70 Å². The zero-order valence-electron chi connectivity index (χ0n) is 14.0. The van der Waals surface area contributed by atoms with Gasteiger partial charge in [0.25, 0.3) is 6.43 Å². The van der Waals surface area contributed by atoms with E-state index >= 15 is 0 Å². The van der Waals surface area contributed by atoms with Crippen molar-refractivity contribution in [1.29, 1.82) is 0 Å². The van der Waals surface area contributed by atoms with Gasteiger partial charge in [-0.1, -0.05) is 58.8 Å². The monoisotopic (exact) mass is 426 g/mol. The van der Waals surface area contributed by atoms with Crippen molar-refractivity contribution in [2.75, 3.05) is 0 Å². The van der Waals surface area contributed by atoms with Crippen molar-refractivity contribution >= 4 is 22.6 Å². The summed E-state index contributed by atoms with van der Waals surface area (Å²) in [6, 6.07) is 0. The summed E-state index contributed by atoms with van der Waals surface area (Å²) in [6.45, 7) is 6.54. The zero-order chi connectivity index (χ0) is 16.6. The summed E-state index contributed by atoms with van der Waals surface area (Å²) in [6.07, 6.45) is 9.49. The molecular formula is C17H29F2IN2. The van der Waals surface area contributed by atoms with Crippen LogP contribution in [0.3, 0.4) is 0 Å². The lowest BCUT2D eigenvalue weighted by Crippen LogP contribution is -2.31. The maximum atomic E-state index is 13.0. The molecule has 1 aromatic heterocycles. The SMILES string of the molecule is CCCCCCCC(C)(CCCC)n1cc(C(F)F)c(I)n1. The van der Waals surface area contributed by atoms with E-state index in [2.05, 4.69) is 25.9 Å². The third kappa shape index (κ3) is 5.78. The van der Waals surface area contributed by atoms with Gasteiger partial charge in [0.05, 0.1) is 11.1 Å². The third-order valence-corrected chi connectivity index (χ3v) is 5.21. The smallest absolute Gasteiger partial charge is 0.265 e. The Morgan fingerprint density at radius 1 is 1.09 bits per heavy atom. The molecule has 0 bridgehead atoms. The third-order valence-electron chi connectivity index (χ3n) is 4.37. The van der Waals surface area contributed by atoms with Gasteiger partial charge in [-0.25, -0.2) is 8.78 Å². The summed E-state index contributed by atoms with van der Waals surface area (Å²) >= 11 is 1.92. The molecular weight excluding hydrogens is 397 g/mol. The van der Waals surface area contributed by atoms with Crippen molar-refractivity contribution in [1.82, 2.24) is 9.78 Å². The van der Waals surface area contributed by atoms with Gasteiger partial charge in [0.2, 0.25) is 0 Å². The normalized spacial score (nSPS) is 14.5. The predicted molar refractivity (Wildman–Crippen MR) is 96.5 cm³/mol.